The van der Waals surface area contributed by atoms with Gasteiger partial charge in [-0.05, 0) is 60.7 Å². The number of H-pyrrole nitrogens is 1. The van der Waals surface area contributed by atoms with Crippen molar-refractivity contribution in [2.24, 2.45) is 0 Å². The van der Waals surface area contributed by atoms with E-state index in [-0.39, 0.29) is 17.2 Å². The number of amides is 1. The van der Waals surface area contributed by atoms with E-state index < -0.39 is 0 Å². The lowest BCUT2D eigenvalue weighted by molar-refractivity contribution is 0.102. The van der Waals surface area contributed by atoms with Crippen LogP contribution < -0.4 is 5.32 Å². The first-order valence-corrected chi connectivity index (χ1v) is 9.56. The van der Waals surface area contributed by atoms with Crippen LogP contribution in [0.25, 0.3) is 32.6 Å². The van der Waals surface area contributed by atoms with Crippen molar-refractivity contribution in [1.82, 2.24) is 4.98 Å². The summed E-state index contributed by atoms with van der Waals surface area (Å²) in [5.41, 5.74) is 5.25. The minimum atomic E-state index is -0.331. The van der Waals surface area contributed by atoms with Gasteiger partial charge in [-0.15, -0.1) is 0 Å². The first-order valence-electron chi connectivity index (χ1n) is 9.56. The summed E-state index contributed by atoms with van der Waals surface area (Å²) >= 11 is 0. The van der Waals surface area contributed by atoms with Crippen LogP contribution in [0.2, 0.25) is 0 Å². The molecule has 0 aliphatic heterocycles. The summed E-state index contributed by atoms with van der Waals surface area (Å²) in [6.45, 7) is 4.06. The van der Waals surface area contributed by atoms with Gasteiger partial charge in [0.1, 0.15) is 5.75 Å². The van der Waals surface area contributed by atoms with Crippen molar-refractivity contribution in [1.29, 1.82) is 0 Å². The molecular weight excluding hydrogens is 360 g/mol. The summed E-state index contributed by atoms with van der Waals surface area (Å²) in [6, 6.07) is 21.3. The number of benzene rings is 4. The van der Waals surface area contributed by atoms with Crippen LogP contribution in [-0.4, -0.2) is 16.0 Å². The Hall–Kier alpha value is -3.79. The Morgan fingerprint density at radius 3 is 2.59 bits per heavy atom. The van der Waals surface area contributed by atoms with Crippen molar-refractivity contribution in [2.45, 2.75) is 13.8 Å². The van der Waals surface area contributed by atoms with Crippen LogP contribution in [0.1, 0.15) is 21.5 Å². The molecule has 0 bridgehead atoms. The lowest BCUT2D eigenvalue weighted by Crippen LogP contribution is -2.12. The second-order valence-corrected chi connectivity index (χ2v) is 7.52. The predicted molar refractivity (Wildman–Crippen MR) is 119 cm³/mol. The number of anilines is 1. The lowest BCUT2D eigenvalue weighted by atomic mass is 10.0. The number of aromatic hydroxyl groups is 1. The Balaban J connectivity index is 1.64. The number of aryl methyl sites for hydroxylation is 2. The third-order valence-corrected chi connectivity index (χ3v) is 5.46. The molecule has 1 aromatic heterocycles. The monoisotopic (exact) mass is 380 g/mol. The third kappa shape index (κ3) is 2.81. The van der Waals surface area contributed by atoms with Gasteiger partial charge in [-0.1, -0.05) is 36.4 Å². The van der Waals surface area contributed by atoms with Gasteiger partial charge in [0.25, 0.3) is 5.91 Å². The maximum atomic E-state index is 12.8. The number of phenols is 1. The largest absolute Gasteiger partial charge is 0.507 e. The van der Waals surface area contributed by atoms with Gasteiger partial charge in [0.15, 0.2) is 0 Å². The molecule has 3 N–H and O–H groups in total. The maximum Gasteiger partial charge on any atom is 0.259 e. The zero-order valence-corrected chi connectivity index (χ0v) is 16.2. The summed E-state index contributed by atoms with van der Waals surface area (Å²) in [4.78, 5) is 16.2. The zero-order valence-electron chi connectivity index (χ0n) is 16.2. The second-order valence-electron chi connectivity index (χ2n) is 7.52. The van der Waals surface area contributed by atoms with Crippen molar-refractivity contribution in [3.05, 3.63) is 83.4 Å². The molecule has 0 atom stereocenters. The molecule has 0 fully saturated rings. The highest BCUT2D eigenvalue weighted by atomic mass is 16.3. The summed E-state index contributed by atoms with van der Waals surface area (Å²) in [6.07, 6.45) is 0. The minimum Gasteiger partial charge on any atom is -0.507 e. The molecule has 1 heterocycles. The Bertz CT molecular complexity index is 1430. The minimum absolute atomic E-state index is 0.0365. The number of nitrogens with one attached hydrogen (secondary N) is 2. The second kappa shape index (κ2) is 6.38. The highest BCUT2D eigenvalue weighted by molar-refractivity contribution is 6.19. The summed E-state index contributed by atoms with van der Waals surface area (Å²) < 4.78 is 0. The fourth-order valence-corrected chi connectivity index (χ4v) is 4.07. The number of fused-ring (bicyclic) bond motifs is 5. The quantitative estimate of drug-likeness (QED) is 0.349. The van der Waals surface area contributed by atoms with Crippen LogP contribution >= 0.6 is 0 Å². The first-order chi connectivity index (χ1) is 14.0. The van der Waals surface area contributed by atoms with Gasteiger partial charge in [-0.25, -0.2) is 0 Å². The van der Waals surface area contributed by atoms with E-state index in [4.69, 9.17) is 0 Å². The summed E-state index contributed by atoms with van der Waals surface area (Å²) in [7, 11) is 0. The van der Waals surface area contributed by atoms with Crippen LogP contribution in [-0.2, 0) is 0 Å². The van der Waals surface area contributed by atoms with Crippen LogP contribution in [0, 0.1) is 13.8 Å². The van der Waals surface area contributed by atoms with E-state index >= 15 is 0 Å². The topological polar surface area (TPSA) is 65.1 Å². The molecule has 0 saturated carbocycles. The number of aromatic amines is 1. The molecule has 0 radical (unpaired) electrons. The number of phenolic OH excluding ortho intramolecular Hbond substituents is 1. The molecule has 0 aliphatic rings. The number of hydrogen-bond acceptors (Lipinski definition) is 2. The average molecular weight is 380 g/mol. The third-order valence-electron chi connectivity index (χ3n) is 5.46. The maximum absolute atomic E-state index is 12.8. The molecule has 5 aromatic rings. The number of rotatable bonds is 2. The summed E-state index contributed by atoms with van der Waals surface area (Å²) in [5.74, 6) is -0.367. The number of aromatic nitrogens is 1. The van der Waals surface area contributed by atoms with E-state index in [1.54, 1.807) is 12.1 Å². The highest BCUT2D eigenvalue weighted by Gasteiger charge is 2.16. The molecule has 1 amide bonds. The SMILES string of the molecule is Cc1cccc(NC(=O)c2cc3ccc4c([nH]c5cccc(C)c54)c3cc2O)c1. The number of carbonyl (C=O) groups is 1. The van der Waals surface area contributed by atoms with E-state index in [1.807, 2.05) is 43.3 Å². The van der Waals surface area contributed by atoms with E-state index in [2.05, 4.69) is 35.4 Å². The van der Waals surface area contributed by atoms with Crippen molar-refractivity contribution in [2.75, 3.05) is 5.32 Å². The molecule has 4 nitrogen and oxygen atoms in total. The van der Waals surface area contributed by atoms with Crippen molar-refractivity contribution in [3.63, 3.8) is 0 Å². The molecule has 0 spiro atoms. The average Bonchev–Trinajstić information content (AvgIpc) is 3.08. The van der Waals surface area contributed by atoms with Gasteiger partial charge in [-0.2, -0.15) is 0 Å². The fraction of sp³-hybridized carbons (Fsp3) is 0.0800. The van der Waals surface area contributed by atoms with Gasteiger partial charge in [0, 0.05) is 27.4 Å². The van der Waals surface area contributed by atoms with E-state index in [1.165, 1.54) is 10.9 Å². The molecule has 4 heteroatoms. The Labute approximate surface area is 167 Å². The Kier molecular flexibility index (Phi) is 3.81. The molecule has 0 unspecified atom stereocenters. The number of carbonyl (C=O) groups excluding carboxylic acids is 1. The molecule has 4 aromatic carbocycles. The molecule has 29 heavy (non-hydrogen) atoms. The van der Waals surface area contributed by atoms with Crippen LogP contribution in [0.4, 0.5) is 5.69 Å². The van der Waals surface area contributed by atoms with Gasteiger partial charge >= 0.3 is 0 Å². The van der Waals surface area contributed by atoms with Gasteiger partial charge < -0.3 is 15.4 Å². The van der Waals surface area contributed by atoms with E-state index in [0.717, 1.165) is 32.8 Å². The molecule has 0 saturated heterocycles. The first kappa shape index (κ1) is 17.3. The molecule has 0 aliphatic carbocycles. The molecule has 142 valence electrons. The van der Waals surface area contributed by atoms with Gasteiger partial charge in [-0.3, -0.25) is 4.79 Å². The van der Waals surface area contributed by atoms with Crippen molar-refractivity contribution < 1.29 is 9.90 Å². The van der Waals surface area contributed by atoms with Gasteiger partial charge in [0.2, 0.25) is 0 Å². The van der Waals surface area contributed by atoms with Crippen LogP contribution in [0.5, 0.6) is 5.75 Å². The van der Waals surface area contributed by atoms with Crippen molar-refractivity contribution in [3.8, 4) is 5.75 Å². The van der Waals surface area contributed by atoms with E-state index in [9.17, 15) is 9.90 Å². The smallest absolute Gasteiger partial charge is 0.259 e. The van der Waals surface area contributed by atoms with Crippen LogP contribution in [0.15, 0.2) is 66.7 Å². The Morgan fingerprint density at radius 2 is 1.76 bits per heavy atom. The normalized spacial score (nSPS) is 11.4. The Morgan fingerprint density at radius 1 is 0.931 bits per heavy atom. The zero-order chi connectivity index (χ0) is 20.1. The molecule has 5 rings (SSSR count). The molecular formula is C25H20N2O2. The summed E-state index contributed by atoms with van der Waals surface area (Å²) in [5, 5.41) is 17.6. The van der Waals surface area contributed by atoms with Gasteiger partial charge in [0.05, 0.1) is 11.1 Å². The number of hydrogen-bond donors (Lipinski definition) is 3. The fourth-order valence-electron chi connectivity index (χ4n) is 4.07. The van der Waals surface area contributed by atoms with E-state index in [0.29, 0.717) is 5.69 Å². The van der Waals surface area contributed by atoms with Crippen molar-refractivity contribution >= 4 is 44.2 Å². The van der Waals surface area contributed by atoms with Crippen LogP contribution in [0.3, 0.4) is 0 Å². The standard InChI is InChI=1S/C25H20N2O2/c1-14-5-3-7-17(11-14)26-25(29)20-12-16-9-10-18-23-15(2)6-4-8-21(23)27-24(18)19(16)13-22(20)28/h3-13,27-28H,1-2H3,(H,26,29). The lowest BCUT2D eigenvalue weighted by Gasteiger charge is -2.10. The highest BCUT2D eigenvalue weighted by Crippen LogP contribution is 2.35. The predicted octanol–water partition coefficient (Wildman–Crippen LogP) is 6.05.